The topological polar surface area (TPSA) is 30.0 Å². The number of halogens is 1. The number of aromatic nitrogens is 1. The van der Waals surface area contributed by atoms with Crippen LogP contribution in [0.4, 0.5) is 4.39 Å². The molecule has 1 heterocycles. The van der Waals surface area contributed by atoms with Crippen molar-refractivity contribution in [3.63, 3.8) is 0 Å². The van der Waals surface area contributed by atoms with E-state index in [2.05, 4.69) is 4.98 Å². The highest BCUT2D eigenvalue weighted by Crippen LogP contribution is 2.27. The Morgan fingerprint density at radius 1 is 1.28 bits per heavy atom. The summed E-state index contributed by atoms with van der Waals surface area (Å²) in [5.74, 6) is -0.233. The summed E-state index contributed by atoms with van der Waals surface area (Å²) in [4.78, 5) is 17.2. The van der Waals surface area contributed by atoms with Gasteiger partial charge in [-0.25, -0.2) is 4.39 Å². The molecule has 0 saturated carbocycles. The van der Waals surface area contributed by atoms with Crippen molar-refractivity contribution in [1.29, 1.82) is 0 Å². The number of hydrogen-bond acceptors (Lipinski definition) is 3. The van der Waals surface area contributed by atoms with E-state index in [4.69, 9.17) is 0 Å². The predicted molar refractivity (Wildman–Crippen MR) is 69.4 cm³/mol. The van der Waals surface area contributed by atoms with Crippen molar-refractivity contribution in [2.45, 2.75) is 23.1 Å². The highest BCUT2D eigenvalue weighted by Gasteiger charge is 2.05. The molecule has 0 spiro atoms. The number of rotatable bonds is 4. The van der Waals surface area contributed by atoms with Gasteiger partial charge in [0, 0.05) is 22.4 Å². The standard InChI is InChI=1S/C14H12FNOS/c1-2-14(17)13-7-6-12(9-16-13)18-11-5-3-4-10(15)8-11/h3-9H,2H2,1H3. The largest absolute Gasteiger partial charge is 0.292 e. The fourth-order valence-corrected chi connectivity index (χ4v) is 2.29. The van der Waals surface area contributed by atoms with Crippen LogP contribution in [-0.2, 0) is 0 Å². The minimum atomic E-state index is -0.259. The zero-order valence-electron chi connectivity index (χ0n) is 9.89. The van der Waals surface area contributed by atoms with E-state index in [1.54, 1.807) is 25.3 Å². The van der Waals surface area contributed by atoms with Crippen LogP contribution in [0, 0.1) is 5.82 Å². The summed E-state index contributed by atoms with van der Waals surface area (Å²) in [5, 5.41) is 0. The number of carbonyl (C=O) groups excluding carboxylic acids is 1. The molecule has 0 unspecified atom stereocenters. The van der Waals surface area contributed by atoms with Gasteiger partial charge < -0.3 is 0 Å². The molecule has 0 bridgehead atoms. The van der Waals surface area contributed by atoms with Gasteiger partial charge in [0.25, 0.3) is 0 Å². The number of ketones is 1. The molecule has 1 aromatic carbocycles. The molecule has 0 fully saturated rings. The smallest absolute Gasteiger partial charge is 0.180 e. The summed E-state index contributed by atoms with van der Waals surface area (Å²) in [7, 11) is 0. The Bertz CT molecular complexity index is 554. The van der Waals surface area contributed by atoms with Crippen LogP contribution in [0.5, 0.6) is 0 Å². The molecular weight excluding hydrogens is 249 g/mol. The maximum Gasteiger partial charge on any atom is 0.180 e. The maximum atomic E-state index is 13.0. The van der Waals surface area contributed by atoms with Gasteiger partial charge in [-0.3, -0.25) is 9.78 Å². The van der Waals surface area contributed by atoms with Crippen molar-refractivity contribution in [2.24, 2.45) is 0 Å². The number of nitrogens with zero attached hydrogens (tertiary/aromatic N) is 1. The van der Waals surface area contributed by atoms with E-state index < -0.39 is 0 Å². The Morgan fingerprint density at radius 3 is 2.72 bits per heavy atom. The summed E-state index contributed by atoms with van der Waals surface area (Å²) in [5.41, 5.74) is 0.473. The van der Waals surface area contributed by atoms with Crippen LogP contribution < -0.4 is 0 Å². The lowest BCUT2D eigenvalue weighted by molar-refractivity contribution is 0.0983. The summed E-state index contributed by atoms with van der Waals surface area (Å²) in [6.45, 7) is 1.80. The van der Waals surface area contributed by atoms with E-state index in [-0.39, 0.29) is 11.6 Å². The Morgan fingerprint density at radius 2 is 2.11 bits per heavy atom. The summed E-state index contributed by atoms with van der Waals surface area (Å²) < 4.78 is 13.0. The van der Waals surface area contributed by atoms with Crippen molar-refractivity contribution in [3.8, 4) is 0 Å². The Balaban J connectivity index is 2.13. The zero-order valence-corrected chi connectivity index (χ0v) is 10.7. The predicted octanol–water partition coefficient (Wildman–Crippen LogP) is 3.96. The Hall–Kier alpha value is -1.68. The second kappa shape index (κ2) is 5.78. The molecule has 1 aromatic heterocycles. The molecule has 0 radical (unpaired) electrons. The number of pyridine rings is 1. The van der Waals surface area contributed by atoms with E-state index in [9.17, 15) is 9.18 Å². The molecule has 0 saturated heterocycles. The molecule has 2 nitrogen and oxygen atoms in total. The van der Waals surface area contributed by atoms with Crippen LogP contribution in [-0.4, -0.2) is 10.8 Å². The van der Waals surface area contributed by atoms with Crippen LogP contribution in [0.2, 0.25) is 0 Å². The van der Waals surface area contributed by atoms with E-state index >= 15 is 0 Å². The third-order valence-electron chi connectivity index (χ3n) is 2.37. The van der Waals surface area contributed by atoms with Crippen LogP contribution in [0.25, 0.3) is 0 Å². The Kier molecular flexibility index (Phi) is 4.10. The van der Waals surface area contributed by atoms with E-state index in [0.717, 1.165) is 9.79 Å². The first-order chi connectivity index (χ1) is 8.69. The highest BCUT2D eigenvalue weighted by atomic mass is 32.2. The van der Waals surface area contributed by atoms with Crippen LogP contribution >= 0.6 is 11.8 Å². The fraction of sp³-hybridized carbons (Fsp3) is 0.143. The molecule has 92 valence electrons. The lowest BCUT2D eigenvalue weighted by Gasteiger charge is -2.02. The van der Waals surface area contributed by atoms with E-state index in [1.165, 1.54) is 23.9 Å². The average Bonchev–Trinajstić information content (AvgIpc) is 2.39. The molecule has 0 atom stereocenters. The minimum Gasteiger partial charge on any atom is -0.292 e. The van der Waals surface area contributed by atoms with Gasteiger partial charge >= 0.3 is 0 Å². The maximum absolute atomic E-state index is 13.0. The Labute approximate surface area is 109 Å². The van der Waals surface area contributed by atoms with Gasteiger partial charge in [-0.1, -0.05) is 24.8 Å². The molecule has 2 rings (SSSR count). The third-order valence-corrected chi connectivity index (χ3v) is 3.34. The SMILES string of the molecule is CCC(=O)c1ccc(Sc2cccc(F)c2)cn1. The van der Waals surface area contributed by atoms with Gasteiger partial charge in [0.1, 0.15) is 11.5 Å². The minimum absolute atomic E-state index is 0.0253. The van der Waals surface area contributed by atoms with Crippen molar-refractivity contribution in [1.82, 2.24) is 4.98 Å². The van der Waals surface area contributed by atoms with Crippen molar-refractivity contribution in [2.75, 3.05) is 0 Å². The number of Topliss-reactive ketones (excluding diaryl/α,β-unsaturated/α-hetero) is 1. The highest BCUT2D eigenvalue weighted by molar-refractivity contribution is 7.99. The monoisotopic (exact) mass is 261 g/mol. The quantitative estimate of drug-likeness (QED) is 0.780. The second-order valence-corrected chi connectivity index (χ2v) is 4.86. The van der Waals surface area contributed by atoms with Crippen LogP contribution in [0.15, 0.2) is 52.4 Å². The molecule has 0 aliphatic carbocycles. The number of carbonyl (C=O) groups is 1. The molecule has 0 amide bonds. The molecule has 2 aromatic rings. The molecule has 0 aliphatic heterocycles. The van der Waals surface area contributed by atoms with E-state index in [1.807, 2.05) is 12.1 Å². The molecule has 4 heteroatoms. The first-order valence-electron chi connectivity index (χ1n) is 5.61. The fourth-order valence-electron chi connectivity index (χ4n) is 1.45. The van der Waals surface area contributed by atoms with Gasteiger partial charge in [-0.05, 0) is 30.3 Å². The number of benzene rings is 1. The summed E-state index contributed by atoms with van der Waals surface area (Å²) in [6.07, 6.45) is 2.09. The normalized spacial score (nSPS) is 10.3. The molecular formula is C14H12FNOS. The van der Waals surface area contributed by atoms with Crippen molar-refractivity contribution in [3.05, 3.63) is 54.1 Å². The van der Waals surface area contributed by atoms with E-state index in [0.29, 0.717) is 12.1 Å². The summed E-state index contributed by atoms with van der Waals surface area (Å²) in [6, 6.07) is 9.90. The molecule has 0 aliphatic rings. The molecule has 0 N–H and O–H groups in total. The lowest BCUT2D eigenvalue weighted by atomic mass is 10.2. The van der Waals surface area contributed by atoms with Gasteiger partial charge in [-0.15, -0.1) is 0 Å². The first-order valence-corrected chi connectivity index (χ1v) is 6.43. The van der Waals surface area contributed by atoms with Gasteiger partial charge in [-0.2, -0.15) is 0 Å². The van der Waals surface area contributed by atoms with Crippen molar-refractivity contribution < 1.29 is 9.18 Å². The van der Waals surface area contributed by atoms with Gasteiger partial charge in [0.15, 0.2) is 5.78 Å². The molecule has 18 heavy (non-hydrogen) atoms. The second-order valence-electron chi connectivity index (χ2n) is 3.72. The number of hydrogen-bond donors (Lipinski definition) is 0. The zero-order chi connectivity index (χ0) is 13.0. The van der Waals surface area contributed by atoms with Crippen molar-refractivity contribution >= 4 is 17.5 Å². The lowest BCUT2D eigenvalue weighted by Crippen LogP contribution is -1.99. The van der Waals surface area contributed by atoms with Gasteiger partial charge in [0.2, 0.25) is 0 Å². The van der Waals surface area contributed by atoms with Gasteiger partial charge in [0.05, 0.1) is 0 Å². The first kappa shape index (κ1) is 12.8. The van der Waals surface area contributed by atoms with Crippen LogP contribution in [0.1, 0.15) is 23.8 Å². The average molecular weight is 261 g/mol. The summed E-state index contributed by atoms with van der Waals surface area (Å²) >= 11 is 1.42. The van der Waals surface area contributed by atoms with Crippen LogP contribution in [0.3, 0.4) is 0 Å². The third kappa shape index (κ3) is 3.17.